The van der Waals surface area contributed by atoms with Crippen LogP contribution in [0.3, 0.4) is 0 Å². The van der Waals surface area contributed by atoms with Crippen LogP contribution in [0.5, 0.6) is 0 Å². The van der Waals surface area contributed by atoms with Crippen LogP contribution >= 0.6 is 0 Å². The van der Waals surface area contributed by atoms with Crippen LogP contribution in [0.25, 0.3) is 0 Å². The van der Waals surface area contributed by atoms with Crippen molar-refractivity contribution in [1.82, 2.24) is 0 Å². The van der Waals surface area contributed by atoms with E-state index in [-0.39, 0.29) is 0 Å². The van der Waals surface area contributed by atoms with Crippen molar-refractivity contribution in [2.75, 3.05) is 0 Å². The summed E-state index contributed by atoms with van der Waals surface area (Å²) in [7, 11) is 0. The van der Waals surface area contributed by atoms with Crippen LogP contribution in [0.1, 0.15) is 39.5 Å². The third-order valence-electron chi connectivity index (χ3n) is 1.46. The Labute approximate surface area is 59.0 Å². The molecule has 0 spiro atoms. The van der Waals surface area contributed by atoms with E-state index in [9.17, 15) is 0 Å². The lowest BCUT2D eigenvalue weighted by molar-refractivity contribution is 0.852. The van der Waals surface area contributed by atoms with Gasteiger partial charge in [0.2, 0.25) is 0 Å². The van der Waals surface area contributed by atoms with E-state index in [0.29, 0.717) is 0 Å². The highest BCUT2D eigenvalue weighted by atomic mass is 13.9. The molecule has 0 N–H and O–H groups in total. The molecule has 0 heterocycles. The van der Waals surface area contributed by atoms with Gasteiger partial charge in [0.05, 0.1) is 0 Å². The molecule has 1 radical (unpaired) electrons. The first-order valence-corrected chi connectivity index (χ1v) is 3.82. The van der Waals surface area contributed by atoms with Gasteiger partial charge in [0.15, 0.2) is 0 Å². The molecule has 0 unspecified atom stereocenters. The lowest BCUT2D eigenvalue weighted by atomic mass is 10.1. The standard InChI is InChI=1S/C9H17/c1-4-7-9(6-3)8-5-2/h7H,1,4-6,8H2,2-3H3/b9-7+. The zero-order valence-electron chi connectivity index (χ0n) is 6.61. The van der Waals surface area contributed by atoms with Crippen LogP contribution in [0.4, 0.5) is 0 Å². The van der Waals surface area contributed by atoms with Crippen LogP contribution in [0, 0.1) is 6.92 Å². The van der Waals surface area contributed by atoms with Crippen molar-refractivity contribution in [2.24, 2.45) is 0 Å². The molecule has 0 heteroatoms. The number of hydrogen-bond acceptors (Lipinski definition) is 0. The summed E-state index contributed by atoms with van der Waals surface area (Å²) in [6.45, 7) is 8.20. The average Bonchev–Trinajstić information content (AvgIpc) is 1.88. The van der Waals surface area contributed by atoms with E-state index in [0.717, 1.165) is 6.42 Å². The average molecular weight is 125 g/mol. The van der Waals surface area contributed by atoms with Crippen molar-refractivity contribution in [1.29, 1.82) is 0 Å². The Bertz CT molecular complexity index is 80.0. The van der Waals surface area contributed by atoms with Crippen molar-refractivity contribution in [3.63, 3.8) is 0 Å². The smallest absolute Gasteiger partial charge is 0.0323 e. The van der Waals surface area contributed by atoms with Crippen molar-refractivity contribution in [3.8, 4) is 0 Å². The van der Waals surface area contributed by atoms with Crippen molar-refractivity contribution < 1.29 is 0 Å². The maximum atomic E-state index is 3.78. The van der Waals surface area contributed by atoms with E-state index >= 15 is 0 Å². The molecule has 53 valence electrons. The SMILES string of the molecule is [CH2]C/C=C(\CC)CCC. The second kappa shape index (κ2) is 5.87. The molecule has 0 fully saturated rings. The van der Waals surface area contributed by atoms with Gasteiger partial charge in [0.1, 0.15) is 0 Å². The Balaban J connectivity index is 3.53. The van der Waals surface area contributed by atoms with E-state index in [1.165, 1.54) is 19.3 Å². The highest BCUT2D eigenvalue weighted by Crippen LogP contribution is 2.08. The Hall–Kier alpha value is -0.260. The summed E-state index contributed by atoms with van der Waals surface area (Å²) >= 11 is 0. The Morgan fingerprint density at radius 1 is 1.44 bits per heavy atom. The van der Waals surface area contributed by atoms with Gasteiger partial charge in [-0.05, 0) is 26.2 Å². The summed E-state index contributed by atoms with van der Waals surface area (Å²) in [5.41, 5.74) is 1.56. The second-order valence-corrected chi connectivity index (χ2v) is 2.25. The minimum atomic E-state index is 0.948. The predicted molar refractivity (Wildman–Crippen MR) is 43.3 cm³/mol. The summed E-state index contributed by atoms with van der Waals surface area (Å²) in [4.78, 5) is 0. The molecule has 0 aliphatic heterocycles. The van der Waals surface area contributed by atoms with Crippen LogP contribution < -0.4 is 0 Å². The molecule has 0 aliphatic rings. The zero-order valence-corrected chi connectivity index (χ0v) is 6.61. The first-order valence-electron chi connectivity index (χ1n) is 3.82. The second-order valence-electron chi connectivity index (χ2n) is 2.25. The molecule has 0 bridgehead atoms. The van der Waals surface area contributed by atoms with E-state index in [4.69, 9.17) is 0 Å². The topological polar surface area (TPSA) is 0 Å². The molecular weight excluding hydrogens is 108 g/mol. The molecule has 0 aromatic rings. The Kier molecular flexibility index (Phi) is 5.70. The molecule has 0 amide bonds. The summed E-state index contributed by atoms with van der Waals surface area (Å²) in [6, 6.07) is 0. The Morgan fingerprint density at radius 3 is 2.44 bits per heavy atom. The minimum Gasteiger partial charge on any atom is -0.0853 e. The highest BCUT2D eigenvalue weighted by Gasteiger charge is 1.88. The van der Waals surface area contributed by atoms with Gasteiger partial charge in [0, 0.05) is 0 Å². The molecular formula is C9H17. The van der Waals surface area contributed by atoms with Gasteiger partial charge in [0.25, 0.3) is 0 Å². The number of rotatable bonds is 4. The van der Waals surface area contributed by atoms with E-state index < -0.39 is 0 Å². The minimum absolute atomic E-state index is 0.948. The molecule has 0 aromatic carbocycles. The first kappa shape index (κ1) is 8.74. The molecule has 0 aromatic heterocycles. The number of allylic oxidation sites excluding steroid dienone is 2. The normalized spacial score (nSPS) is 12.1. The van der Waals surface area contributed by atoms with Crippen LogP contribution in [0.15, 0.2) is 11.6 Å². The van der Waals surface area contributed by atoms with E-state index in [1.54, 1.807) is 5.57 Å². The fraction of sp³-hybridized carbons (Fsp3) is 0.667. The maximum absolute atomic E-state index is 3.78. The summed E-state index contributed by atoms with van der Waals surface area (Å²) in [5.74, 6) is 0. The molecule has 0 saturated heterocycles. The van der Waals surface area contributed by atoms with E-state index in [2.05, 4.69) is 26.8 Å². The maximum Gasteiger partial charge on any atom is -0.0323 e. The highest BCUT2D eigenvalue weighted by molar-refractivity contribution is 5.00. The lowest BCUT2D eigenvalue weighted by Gasteiger charge is -1.99. The number of hydrogen-bond donors (Lipinski definition) is 0. The van der Waals surface area contributed by atoms with Gasteiger partial charge in [-0.1, -0.05) is 31.9 Å². The summed E-state index contributed by atoms with van der Waals surface area (Å²) in [5, 5.41) is 0. The molecule has 0 atom stereocenters. The third-order valence-corrected chi connectivity index (χ3v) is 1.46. The molecule has 0 saturated carbocycles. The van der Waals surface area contributed by atoms with Crippen LogP contribution in [-0.4, -0.2) is 0 Å². The lowest BCUT2D eigenvalue weighted by Crippen LogP contribution is -1.78. The molecule has 0 rings (SSSR count). The third kappa shape index (κ3) is 4.26. The monoisotopic (exact) mass is 125 g/mol. The fourth-order valence-corrected chi connectivity index (χ4v) is 0.948. The van der Waals surface area contributed by atoms with Gasteiger partial charge < -0.3 is 0 Å². The van der Waals surface area contributed by atoms with Crippen LogP contribution in [0.2, 0.25) is 0 Å². The van der Waals surface area contributed by atoms with Gasteiger partial charge in [-0.15, -0.1) is 0 Å². The van der Waals surface area contributed by atoms with Crippen molar-refractivity contribution in [3.05, 3.63) is 18.6 Å². The van der Waals surface area contributed by atoms with Crippen molar-refractivity contribution in [2.45, 2.75) is 39.5 Å². The predicted octanol–water partition coefficient (Wildman–Crippen LogP) is 3.35. The zero-order chi connectivity index (χ0) is 7.11. The van der Waals surface area contributed by atoms with Gasteiger partial charge in [-0.3, -0.25) is 0 Å². The van der Waals surface area contributed by atoms with Gasteiger partial charge in [-0.25, -0.2) is 0 Å². The molecule has 0 nitrogen and oxygen atoms in total. The van der Waals surface area contributed by atoms with Gasteiger partial charge in [-0.2, -0.15) is 0 Å². The van der Waals surface area contributed by atoms with E-state index in [1.807, 2.05) is 0 Å². The summed E-state index contributed by atoms with van der Waals surface area (Å²) in [6.07, 6.45) is 6.90. The molecule has 0 aliphatic carbocycles. The Morgan fingerprint density at radius 2 is 2.11 bits per heavy atom. The first-order chi connectivity index (χ1) is 4.35. The fourth-order valence-electron chi connectivity index (χ4n) is 0.948. The van der Waals surface area contributed by atoms with Gasteiger partial charge >= 0.3 is 0 Å². The largest absolute Gasteiger partial charge is 0.0853 e. The summed E-state index contributed by atoms with van der Waals surface area (Å²) < 4.78 is 0. The quantitative estimate of drug-likeness (QED) is 0.505. The molecule has 9 heavy (non-hydrogen) atoms. The van der Waals surface area contributed by atoms with Crippen molar-refractivity contribution >= 4 is 0 Å². The van der Waals surface area contributed by atoms with Crippen LogP contribution in [-0.2, 0) is 0 Å².